The Bertz CT molecular complexity index is 819. The normalized spacial score (nSPS) is 10.6. The minimum Gasteiger partial charge on any atom is -0.419 e. The van der Waals surface area contributed by atoms with E-state index in [0.717, 1.165) is 9.86 Å². The topological polar surface area (TPSA) is 39.2 Å². The van der Waals surface area contributed by atoms with Crippen molar-refractivity contribution >= 4 is 48.7 Å². The third kappa shape index (κ3) is 2.84. The Balaban J connectivity index is 2.07. The Labute approximate surface area is 138 Å². The molecule has 5 heteroatoms. The molecule has 3 nitrogen and oxygen atoms in total. The number of hydrogen-bond donors (Lipinski definition) is 0. The molecule has 0 N–H and O–H groups in total. The zero-order valence-corrected chi connectivity index (χ0v) is 13.9. The van der Waals surface area contributed by atoms with E-state index in [1.165, 1.54) is 0 Å². The molecule has 0 spiro atoms. The van der Waals surface area contributed by atoms with E-state index in [9.17, 15) is 4.79 Å². The average molecular weight is 407 g/mol. The van der Waals surface area contributed by atoms with Gasteiger partial charge in [-0.05, 0) is 40.2 Å². The lowest BCUT2D eigenvalue weighted by Crippen LogP contribution is -2.09. The van der Waals surface area contributed by atoms with Crippen LogP contribution in [0.1, 0.15) is 10.4 Å². The molecule has 0 atom stereocenters. The maximum absolute atomic E-state index is 12.2. The Hall–Kier alpha value is -1.72. The number of pyridine rings is 1. The van der Waals surface area contributed by atoms with Gasteiger partial charge in [-0.1, -0.05) is 40.2 Å². The number of hydrogen-bond acceptors (Lipinski definition) is 3. The quantitative estimate of drug-likeness (QED) is 0.445. The van der Waals surface area contributed by atoms with Crippen LogP contribution >= 0.6 is 31.9 Å². The van der Waals surface area contributed by atoms with Crippen LogP contribution in [0.25, 0.3) is 10.9 Å². The lowest BCUT2D eigenvalue weighted by Gasteiger charge is -2.10. The molecule has 3 rings (SSSR count). The van der Waals surface area contributed by atoms with Gasteiger partial charge in [0.05, 0.1) is 10.0 Å². The number of halogens is 2. The van der Waals surface area contributed by atoms with Gasteiger partial charge in [-0.3, -0.25) is 4.98 Å². The van der Waals surface area contributed by atoms with Crippen molar-refractivity contribution in [1.82, 2.24) is 4.98 Å². The first-order valence-electron chi connectivity index (χ1n) is 6.17. The Morgan fingerprint density at radius 1 is 1.00 bits per heavy atom. The number of carbonyl (C=O) groups excluding carboxylic acids is 1. The van der Waals surface area contributed by atoms with Crippen LogP contribution in [-0.4, -0.2) is 11.0 Å². The summed E-state index contributed by atoms with van der Waals surface area (Å²) in [4.78, 5) is 16.5. The first-order valence-corrected chi connectivity index (χ1v) is 7.75. The highest BCUT2D eigenvalue weighted by molar-refractivity contribution is 9.11. The van der Waals surface area contributed by atoms with E-state index < -0.39 is 5.97 Å². The van der Waals surface area contributed by atoms with Crippen LogP contribution < -0.4 is 4.74 Å². The van der Waals surface area contributed by atoms with E-state index in [4.69, 9.17) is 4.74 Å². The number of carbonyl (C=O) groups is 1. The van der Waals surface area contributed by atoms with Gasteiger partial charge in [-0.25, -0.2) is 4.79 Å². The molecule has 0 radical (unpaired) electrons. The molecule has 104 valence electrons. The van der Waals surface area contributed by atoms with E-state index in [-0.39, 0.29) is 0 Å². The number of rotatable bonds is 2. The van der Waals surface area contributed by atoms with E-state index >= 15 is 0 Å². The second kappa shape index (κ2) is 5.95. The maximum Gasteiger partial charge on any atom is 0.343 e. The summed E-state index contributed by atoms with van der Waals surface area (Å²) >= 11 is 6.90. The summed E-state index contributed by atoms with van der Waals surface area (Å²) in [5.74, 6) is 0.00762. The lowest BCUT2D eigenvalue weighted by molar-refractivity contribution is 0.0735. The number of benzene rings is 2. The summed E-state index contributed by atoms with van der Waals surface area (Å²) in [7, 11) is 0. The Morgan fingerprint density at radius 3 is 2.52 bits per heavy atom. The van der Waals surface area contributed by atoms with Crippen LogP contribution in [0.4, 0.5) is 0 Å². The summed E-state index contributed by atoms with van der Waals surface area (Å²) in [5.41, 5.74) is 1.12. The molecule has 0 saturated heterocycles. The summed E-state index contributed by atoms with van der Waals surface area (Å²) in [6.07, 6.45) is 1.67. The molecule has 21 heavy (non-hydrogen) atoms. The molecule has 0 aliphatic carbocycles. The van der Waals surface area contributed by atoms with Gasteiger partial charge in [0.2, 0.25) is 0 Å². The molecule has 1 aromatic heterocycles. The van der Waals surface area contributed by atoms with Crippen molar-refractivity contribution in [3.8, 4) is 5.75 Å². The molecule has 3 aromatic rings. The molecular weight excluding hydrogens is 398 g/mol. The third-order valence-electron chi connectivity index (χ3n) is 2.95. The predicted molar refractivity (Wildman–Crippen MR) is 88.5 cm³/mol. The van der Waals surface area contributed by atoms with Gasteiger partial charge in [0.1, 0.15) is 5.52 Å². The fraction of sp³-hybridized carbons (Fsp3) is 0. The van der Waals surface area contributed by atoms with Gasteiger partial charge in [0, 0.05) is 16.1 Å². The van der Waals surface area contributed by atoms with Crippen LogP contribution in [0.2, 0.25) is 0 Å². The summed E-state index contributed by atoms with van der Waals surface area (Å²) in [5, 5.41) is 0.886. The minimum absolute atomic E-state index is 0.412. The number of fused-ring (bicyclic) bond motifs is 1. The van der Waals surface area contributed by atoms with Gasteiger partial charge >= 0.3 is 5.97 Å². The van der Waals surface area contributed by atoms with E-state index in [2.05, 4.69) is 36.8 Å². The number of esters is 1. The first-order chi connectivity index (χ1) is 10.2. The van der Waals surface area contributed by atoms with E-state index in [1.807, 2.05) is 24.3 Å². The second-order valence-electron chi connectivity index (χ2n) is 4.32. The molecule has 0 saturated carbocycles. The molecule has 0 aliphatic rings. The average Bonchev–Trinajstić information content (AvgIpc) is 2.52. The van der Waals surface area contributed by atoms with Crippen LogP contribution in [0, 0.1) is 0 Å². The zero-order valence-electron chi connectivity index (χ0n) is 10.7. The monoisotopic (exact) mass is 405 g/mol. The Kier molecular flexibility index (Phi) is 4.03. The zero-order chi connectivity index (χ0) is 14.8. The van der Waals surface area contributed by atoms with Crippen molar-refractivity contribution in [2.45, 2.75) is 0 Å². The molecule has 0 fully saturated rings. The largest absolute Gasteiger partial charge is 0.419 e. The van der Waals surface area contributed by atoms with Crippen molar-refractivity contribution in [2.24, 2.45) is 0 Å². The standard InChI is InChI=1S/C16H9Br2NO2/c17-12-9-13(18)15(14-11(12)7-4-8-19-14)21-16(20)10-5-2-1-3-6-10/h1-9H. The Morgan fingerprint density at radius 2 is 1.76 bits per heavy atom. The molecule has 0 aliphatic heterocycles. The first kappa shape index (κ1) is 14.2. The number of nitrogens with zero attached hydrogens (tertiary/aromatic N) is 1. The summed E-state index contributed by atoms with van der Waals surface area (Å²) in [6.45, 7) is 0. The third-order valence-corrected chi connectivity index (χ3v) is 4.20. The molecule has 0 amide bonds. The number of aromatic nitrogens is 1. The van der Waals surface area contributed by atoms with Crippen LogP contribution in [0.15, 0.2) is 63.7 Å². The smallest absolute Gasteiger partial charge is 0.343 e. The van der Waals surface area contributed by atoms with Crippen molar-refractivity contribution in [3.63, 3.8) is 0 Å². The highest BCUT2D eigenvalue weighted by Crippen LogP contribution is 2.37. The van der Waals surface area contributed by atoms with Gasteiger partial charge in [0.15, 0.2) is 5.75 Å². The van der Waals surface area contributed by atoms with Crippen molar-refractivity contribution in [3.05, 3.63) is 69.2 Å². The van der Waals surface area contributed by atoms with Crippen molar-refractivity contribution in [2.75, 3.05) is 0 Å². The van der Waals surface area contributed by atoms with Crippen molar-refractivity contribution < 1.29 is 9.53 Å². The van der Waals surface area contributed by atoms with Crippen LogP contribution in [-0.2, 0) is 0 Å². The highest BCUT2D eigenvalue weighted by Gasteiger charge is 2.16. The highest BCUT2D eigenvalue weighted by atomic mass is 79.9. The fourth-order valence-electron chi connectivity index (χ4n) is 1.97. The van der Waals surface area contributed by atoms with Gasteiger partial charge < -0.3 is 4.74 Å². The maximum atomic E-state index is 12.2. The molecule has 1 heterocycles. The molecule has 2 aromatic carbocycles. The fourth-order valence-corrected chi connectivity index (χ4v) is 3.32. The predicted octanol–water partition coefficient (Wildman–Crippen LogP) is 4.98. The molecular formula is C16H9Br2NO2. The summed E-state index contributed by atoms with van der Waals surface area (Å²) in [6, 6.07) is 14.5. The molecule has 0 unspecified atom stereocenters. The van der Waals surface area contributed by atoms with E-state index in [0.29, 0.717) is 21.3 Å². The minimum atomic E-state index is -0.412. The number of ether oxygens (including phenoxy) is 1. The summed E-state index contributed by atoms with van der Waals surface area (Å²) < 4.78 is 7.09. The SMILES string of the molecule is O=C(Oc1c(Br)cc(Br)c2cccnc12)c1ccccc1. The van der Waals surface area contributed by atoms with Gasteiger partial charge in [0.25, 0.3) is 0 Å². The van der Waals surface area contributed by atoms with Gasteiger partial charge in [-0.15, -0.1) is 0 Å². The van der Waals surface area contributed by atoms with Gasteiger partial charge in [-0.2, -0.15) is 0 Å². The van der Waals surface area contributed by atoms with Crippen LogP contribution in [0.5, 0.6) is 5.75 Å². The van der Waals surface area contributed by atoms with Crippen molar-refractivity contribution in [1.29, 1.82) is 0 Å². The second-order valence-corrected chi connectivity index (χ2v) is 6.03. The molecule has 0 bridgehead atoms. The lowest BCUT2D eigenvalue weighted by atomic mass is 10.2. The van der Waals surface area contributed by atoms with Crippen LogP contribution in [0.3, 0.4) is 0 Å². The van der Waals surface area contributed by atoms with E-state index in [1.54, 1.807) is 30.5 Å².